The van der Waals surface area contributed by atoms with Gasteiger partial charge in [-0.25, -0.2) is 9.59 Å². The van der Waals surface area contributed by atoms with Crippen molar-refractivity contribution >= 4 is 12.2 Å². The van der Waals surface area contributed by atoms with Crippen molar-refractivity contribution in [2.24, 2.45) is 5.92 Å². The molecular formula is C26H32N2O4. The van der Waals surface area contributed by atoms with Gasteiger partial charge in [0.25, 0.3) is 0 Å². The molecule has 0 radical (unpaired) electrons. The van der Waals surface area contributed by atoms with E-state index in [0.717, 1.165) is 49.7 Å². The molecule has 2 amide bonds. The smallest absolute Gasteiger partial charge is 0.410 e. The van der Waals surface area contributed by atoms with Gasteiger partial charge in [-0.15, -0.1) is 0 Å². The number of alkyl carbamates (subject to hydrolysis) is 1. The lowest BCUT2D eigenvalue weighted by molar-refractivity contribution is 0.00202. The van der Waals surface area contributed by atoms with E-state index in [1.165, 1.54) is 0 Å². The van der Waals surface area contributed by atoms with Gasteiger partial charge in [-0.1, -0.05) is 60.7 Å². The lowest BCUT2D eigenvalue weighted by Gasteiger charge is -2.48. The zero-order valence-electron chi connectivity index (χ0n) is 18.4. The Balaban J connectivity index is 1.20. The molecule has 2 aromatic carbocycles. The Morgan fingerprint density at radius 3 is 2.00 bits per heavy atom. The lowest BCUT2D eigenvalue weighted by atomic mass is 9.77. The van der Waals surface area contributed by atoms with E-state index in [-0.39, 0.29) is 30.9 Å². The summed E-state index contributed by atoms with van der Waals surface area (Å²) in [7, 11) is 0. The van der Waals surface area contributed by atoms with Crippen molar-refractivity contribution in [3.05, 3.63) is 71.8 Å². The van der Waals surface area contributed by atoms with Crippen LogP contribution in [0.15, 0.2) is 60.7 Å². The molecular weight excluding hydrogens is 404 g/mol. The molecule has 2 heterocycles. The van der Waals surface area contributed by atoms with Gasteiger partial charge in [-0.3, -0.25) is 0 Å². The number of hydrogen-bond acceptors (Lipinski definition) is 4. The fourth-order valence-corrected chi connectivity index (χ4v) is 4.97. The van der Waals surface area contributed by atoms with Crippen LogP contribution in [0.2, 0.25) is 0 Å². The normalized spacial score (nSPS) is 22.1. The van der Waals surface area contributed by atoms with E-state index in [4.69, 9.17) is 9.47 Å². The fourth-order valence-electron chi connectivity index (χ4n) is 4.97. The van der Waals surface area contributed by atoms with Crippen molar-refractivity contribution in [1.82, 2.24) is 10.2 Å². The van der Waals surface area contributed by atoms with Crippen LogP contribution in [0, 0.1) is 5.92 Å². The highest BCUT2D eigenvalue weighted by Crippen LogP contribution is 2.38. The number of carbonyl (C=O) groups excluding carboxylic acids is 2. The number of benzene rings is 2. The quantitative estimate of drug-likeness (QED) is 0.642. The fraction of sp³-hybridized carbons (Fsp3) is 0.462. The second-order valence-electron chi connectivity index (χ2n) is 8.80. The minimum atomic E-state index is -0.379. The average molecular weight is 437 g/mol. The minimum absolute atomic E-state index is 0.190. The SMILES string of the molecule is O=C(NCCC1CC2CCCC(C1)N2C(=O)OCc1ccccc1)OCc1ccccc1. The Bertz CT molecular complexity index is 860. The van der Waals surface area contributed by atoms with Crippen LogP contribution in [0.4, 0.5) is 9.59 Å². The molecule has 2 unspecified atom stereocenters. The van der Waals surface area contributed by atoms with Gasteiger partial charge < -0.3 is 19.7 Å². The van der Waals surface area contributed by atoms with Crippen molar-refractivity contribution < 1.29 is 19.1 Å². The van der Waals surface area contributed by atoms with Gasteiger partial charge in [0.2, 0.25) is 0 Å². The van der Waals surface area contributed by atoms with E-state index in [1.54, 1.807) is 0 Å². The Labute approximate surface area is 189 Å². The van der Waals surface area contributed by atoms with Crippen molar-refractivity contribution in [2.45, 2.75) is 63.8 Å². The van der Waals surface area contributed by atoms with Gasteiger partial charge in [-0.2, -0.15) is 0 Å². The Morgan fingerprint density at radius 2 is 1.41 bits per heavy atom. The predicted molar refractivity (Wildman–Crippen MR) is 122 cm³/mol. The summed E-state index contributed by atoms with van der Waals surface area (Å²) in [6.07, 6.45) is 5.49. The summed E-state index contributed by atoms with van der Waals surface area (Å²) in [6.45, 7) is 1.19. The molecule has 0 saturated carbocycles. The van der Waals surface area contributed by atoms with Crippen LogP contribution in [0.5, 0.6) is 0 Å². The second kappa shape index (κ2) is 11.0. The van der Waals surface area contributed by atoms with Crippen LogP contribution in [-0.4, -0.2) is 35.7 Å². The van der Waals surface area contributed by atoms with Crippen LogP contribution in [0.1, 0.15) is 49.7 Å². The van der Waals surface area contributed by atoms with Crippen molar-refractivity contribution in [1.29, 1.82) is 0 Å². The Hall–Kier alpha value is -3.02. The third kappa shape index (κ3) is 6.02. The van der Waals surface area contributed by atoms with Gasteiger partial charge in [0.15, 0.2) is 0 Å². The molecule has 0 spiro atoms. The molecule has 0 aromatic heterocycles. The maximum absolute atomic E-state index is 12.8. The molecule has 6 heteroatoms. The summed E-state index contributed by atoms with van der Waals surface area (Å²) in [5.74, 6) is 0.498. The zero-order chi connectivity index (χ0) is 22.2. The van der Waals surface area contributed by atoms with Crippen LogP contribution < -0.4 is 5.32 Å². The Kier molecular flexibility index (Phi) is 7.64. The lowest BCUT2D eigenvalue weighted by Crippen LogP contribution is -2.55. The van der Waals surface area contributed by atoms with E-state index < -0.39 is 0 Å². The number of nitrogens with zero attached hydrogens (tertiary/aromatic N) is 1. The van der Waals surface area contributed by atoms with E-state index >= 15 is 0 Å². The predicted octanol–water partition coefficient (Wildman–Crippen LogP) is 5.27. The number of hydrogen-bond donors (Lipinski definition) is 1. The summed E-state index contributed by atoms with van der Waals surface area (Å²) < 4.78 is 10.9. The van der Waals surface area contributed by atoms with E-state index in [2.05, 4.69) is 5.32 Å². The molecule has 2 bridgehead atoms. The van der Waals surface area contributed by atoms with Gasteiger partial charge in [0, 0.05) is 18.6 Å². The topological polar surface area (TPSA) is 67.9 Å². The highest BCUT2D eigenvalue weighted by molar-refractivity contribution is 5.69. The van der Waals surface area contributed by atoms with Crippen molar-refractivity contribution in [3.8, 4) is 0 Å². The molecule has 2 atom stereocenters. The zero-order valence-corrected chi connectivity index (χ0v) is 18.4. The molecule has 170 valence electrons. The third-order valence-corrected chi connectivity index (χ3v) is 6.52. The number of piperidine rings is 2. The van der Waals surface area contributed by atoms with Crippen LogP contribution in [-0.2, 0) is 22.7 Å². The van der Waals surface area contributed by atoms with Gasteiger partial charge in [0.1, 0.15) is 13.2 Å². The monoisotopic (exact) mass is 436 g/mol. The van der Waals surface area contributed by atoms with E-state index in [1.807, 2.05) is 65.6 Å². The number of nitrogens with one attached hydrogen (secondary N) is 1. The first-order chi connectivity index (χ1) is 15.7. The van der Waals surface area contributed by atoms with Gasteiger partial charge in [0.05, 0.1) is 0 Å². The molecule has 6 nitrogen and oxygen atoms in total. The summed E-state index contributed by atoms with van der Waals surface area (Å²) in [6, 6.07) is 19.9. The largest absolute Gasteiger partial charge is 0.445 e. The number of fused-ring (bicyclic) bond motifs is 2. The average Bonchev–Trinajstić information content (AvgIpc) is 2.82. The highest BCUT2D eigenvalue weighted by Gasteiger charge is 2.41. The van der Waals surface area contributed by atoms with Gasteiger partial charge in [-0.05, 0) is 55.6 Å². The number of amides is 2. The molecule has 0 aliphatic carbocycles. The first-order valence-corrected chi connectivity index (χ1v) is 11.6. The van der Waals surface area contributed by atoms with Crippen LogP contribution >= 0.6 is 0 Å². The number of ether oxygens (including phenoxy) is 2. The van der Waals surface area contributed by atoms with Crippen LogP contribution in [0.3, 0.4) is 0 Å². The summed E-state index contributed by atoms with van der Waals surface area (Å²) >= 11 is 0. The first-order valence-electron chi connectivity index (χ1n) is 11.6. The molecule has 2 fully saturated rings. The molecule has 4 rings (SSSR count). The maximum atomic E-state index is 12.8. The third-order valence-electron chi connectivity index (χ3n) is 6.52. The number of carbonyl (C=O) groups is 2. The molecule has 2 aliphatic heterocycles. The Morgan fingerprint density at radius 1 is 0.844 bits per heavy atom. The molecule has 1 N–H and O–H groups in total. The summed E-state index contributed by atoms with van der Waals surface area (Å²) in [5, 5.41) is 2.87. The highest BCUT2D eigenvalue weighted by atomic mass is 16.6. The van der Waals surface area contributed by atoms with Crippen LogP contribution in [0.25, 0.3) is 0 Å². The van der Waals surface area contributed by atoms with Crippen molar-refractivity contribution in [3.63, 3.8) is 0 Å². The molecule has 32 heavy (non-hydrogen) atoms. The maximum Gasteiger partial charge on any atom is 0.410 e. The summed E-state index contributed by atoms with van der Waals surface area (Å²) in [4.78, 5) is 26.8. The number of rotatable bonds is 7. The summed E-state index contributed by atoms with van der Waals surface area (Å²) in [5.41, 5.74) is 1.98. The van der Waals surface area contributed by atoms with Crippen molar-refractivity contribution in [2.75, 3.05) is 6.54 Å². The van der Waals surface area contributed by atoms with E-state index in [0.29, 0.717) is 19.1 Å². The van der Waals surface area contributed by atoms with Gasteiger partial charge >= 0.3 is 12.2 Å². The molecule has 2 aromatic rings. The second-order valence-corrected chi connectivity index (χ2v) is 8.80. The first kappa shape index (κ1) is 22.2. The minimum Gasteiger partial charge on any atom is -0.445 e. The van der Waals surface area contributed by atoms with E-state index in [9.17, 15) is 9.59 Å². The molecule has 2 saturated heterocycles. The molecule has 2 aliphatic rings. The standard InChI is InChI=1S/C26H32N2O4/c29-25(31-18-20-8-3-1-4-9-20)27-15-14-22-16-23-12-7-13-24(17-22)28(23)26(30)32-19-21-10-5-2-6-11-21/h1-6,8-11,22-24H,7,12-19H2,(H,27,29).